The van der Waals surface area contributed by atoms with E-state index in [9.17, 15) is 9.59 Å². The molecule has 0 unspecified atom stereocenters. The molecule has 24 heavy (non-hydrogen) atoms. The molecule has 0 aliphatic rings. The summed E-state index contributed by atoms with van der Waals surface area (Å²) in [6, 6.07) is 7.24. The third kappa shape index (κ3) is 7.67. The first-order valence-electron chi connectivity index (χ1n) is 8.01. The Labute approximate surface area is 142 Å². The molecule has 0 bridgehead atoms. The van der Waals surface area contributed by atoms with Crippen LogP contribution < -0.4 is 10.1 Å². The van der Waals surface area contributed by atoms with Gasteiger partial charge in [-0.05, 0) is 52.0 Å². The van der Waals surface area contributed by atoms with Crippen molar-refractivity contribution in [2.75, 3.05) is 18.5 Å². The molecule has 0 aromatic heterocycles. The fraction of sp³-hybridized carbons (Fsp3) is 0.444. The largest absolute Gasteiger partial charge is 0.491 e. The zero-order valence-electron chi connectivity index (χ0n) is 14.6. The number of carbonyl (C=O) groups is 2. The van der Waals surface area contributed by atoms with Crippen LogP contribution in [0.15, 0.2) is 36.0 Å². The Hall–Kier alpha value is -2.50. The molecule has 132 valence electrons. The lowest BCUT2D eigenvalue weighted by Crippen LogP contribution is -2.12. The van der Waals surface area contributed by atoms with Crippen molar-refractivity contribution < 1.29 is 23.8 Å². The Morgan fingerprint density at radius 3 is 2.25 bits per heavy atom. The zero-order chi connectivity index (χ0) is 17.9. The summed E-state index contributed by atoms with van der Waals surface area (Å²) in [6.45, 7) is 7.90. The lowest BCUT2D eigenvalue weighted by Gasteiger charge is -2.13. The van der Waals surface area contributed by atoms with Crippen LogP contribution in [0.25, 0.3) is 0 Å². The second-order valence-electron chi connectivity index (χ2n) is 5.22. The minimum Gasteiger partial charge on any atom is -0.491 e. The van der Waals surface area contributed by atoms with Crippen LogP contribution in [0, 0.1) is 0 Å². The topological polar surface area (TPSA) is 73.9 Å². The Kier molecular flexibility index (Phi) is 8.39. The van der Waals surface area contributed by atoms with Crippen LogP contribution in [0.1, 0.15) is 34.1 Å². The summed E-state index contributed by atoms with van der Waals surface area (Å²) in [4.78, 5) is 23.3. The van der Waals surface area contributed by atoms with Gasteiger partial charge in [0.05, 0.1) is 25.7 Å². The molecule has 0 spiro atoms. The smallest absolute Gasteiger partial charge is 0.332 e. The highest BCUT2D eigenvalue weighted by molar-refractivity contribution is 5.85. The van der Waals surface area contributed by atoms with Crippen molar-refractivity contribution in [3.63, 3.8) is 0 Å². The monoisotopic (exact) mass is 335 g/mol. The van der Waals surface area contributed by atoms with Gasteiger partial charge in [-0.2, -0.15) is 0 Å². The van der Waals surface area contributed by atoms with E-state index in [0.29, 0.717) is 5.70 Å². The fourth-order valence-electron chi connectivity index (χ4n) is 1.90. The minimum absolute atomic E-state index is 0.0447. The number of rotatable bonds is 9. The summed E-state index contributed by atoms with van der Waals surface area (Å²) in [5, 5.41) is 3.04. The van der Waals surface area contributed by atoms with Crippen molar-refractivity contribution in [3.05, 3.63) is 36.0 Å². The molecule has 0 aliphatic carbocycles. The number of carbonyl (C=O) groups excluding carboxylic acids is 2. The van der Waals surface area contributed by atoms with Gasteiger partial charge >= 0.3 is 11.9 Å². The van der Waals surface area contributed by atoms with E-state index in [-0.39, 0.29) is 25.7 Å². The van der Waals surface area contributed by atoms with Gasteiger partial charge in [0.1, 0.15) is 5.75 Å². The standard InChI is InChI=1S/C18H25NO5/c1-5-22-17(20)11-15(12-18(21)23-6-2)19-14-7-9-16(10-8-14)24-13(3)4/h7-11,13,19H,5-6,12H2,1-4H3/b15-11-. The molecule has 0 amide bonds. The second-order valence-corrected chi connectivity index (χ2v) is 5.22. The van der Waals surface area contributed by atoms with Gasteiger partial charge in [0, 0.05) is 17.5 Å². The summed E-state index contributed by atoms with van der Waals surface area (Å²) in [5.74, 6) is -0.179. The quantitative estimate of drug-likeness (QED) is 0.551. The highest BCUT2D eigenvalue weighted by atomic mass is 16.5. The maximum atomic E-state index is 11.7. The van der Waals surface area contributed by atoms with E-state index >= 15 is 0 Å². The van der Waals surface area contributed by atoms with E-state index in [0.717, 1.165) is 11.4 Å². The molecular weight excluding hydrogens is 310 g/mol. The van der Waals surface area contributed by atoms with Crippen LogP contribution in [0.4, 0.5) is 5.69 Å². The summed E-state index contributed by atoms with van der Waals surface area (Å²) in [7, 11) is 0. The molecule has 6 heteroatoms. The molecule has 0 atom stereocenters. The van der Waals surface area contributed by atoms with Gasteiger partial charge in [-0.3, -0.25) is 4.79 Å². The average Bonchev–Trinajstić information content (AvgIpc) is 2.49. The van der Waals surface area contributed by atoms with Crippen LogP contribution in [-0.2, 0) is 19.1 Å². The van der Waals surface area contributed by atoms with Crippen LogP contribution >= 0.6 is 0 Å². The Morgan fingerprint density at radius 1 is 1.08 bits per heavy atom. The molecule has 0 aliphatic heterocycles. The van der Waals surface area contributed by atoms with E-state index in [1.807, 2.05) is 38.1 Å². The number of hydrogen-bond donors (Lipinski definition) is 1. The normalized spacial score (nSPS) is 11.1. The van der Waals surface area contributed by atoms with E-state index in [4.69, 9.17) is 14.2 Å². The van der Waals surface area contributed by atoms with Crippen molar-refractivity contribution in [2.24, 2.45) is 0 Å². The molecule has 6 nitrogen and oxygen atoms in total. The molecule has 1 aromatic carbocycles. The summed E-state index contributed by atoms with van der Waals surface area (Å²) in [5.41, 5.74) is 1.13. The third-order valence-electron chi connectivity index (χ3n) is 2.75. The first-order valence-corrected chi connectivity index (χ1v) is 8.01. The highest BCUT2D eigenvalue weighted by Gasteiger charge is 2.10. The number of esters is 2. The van der Waals surface area contributed by atoms with E-state index < -0.39 is 11.9 Å². The van der Waals surface area contributed by atoms with E-state index in [1.165, 1.54) is 6.08 Å². The predicted octanol–water partition coefficient (Wildman–Crippen LogP) is 3.29. The van der Waals surface area contributed by atoms with Crippen LogP contribution in [0.5, 0.6) is 5.75 Å². The predicted molar refractivity (Wildman–Crippen MR) is 91.8 cm³/mol. The lowest BCUT2D eigenvalue weighted by molar-refractivity contribution is -0.142. The first kappa shape index (κ1) is 19.5. The van der Waals surface area contributed by atoms with Crippen molar-refractivity contribution in [2.45, 2.75) is 40.2 Å². The van der Waals surface area contributed by atoms with Crippen molar-refractivity contribution in [1.29, 1.82) is 0 Å². The van der Waals surface area contributed by atoms with Gasteiger partial charge < -0.3 is 19.5 Å². The molecule has 0 heterocycles. The van der Waals surface area contributed by atoms with Gasteiger partial charge in [-0.25, -0.2) is 4.79 Å². The Morgan fingerprint density at radius 2 is 1.71 bits per heavy atom. The number of ether oxygens (including phenoxy) is 3. The van der Waals surface area contributed by atoms with Gasteiger partial charge in [0.2, 0.25) is 0 Å². The molecule has 1 rings (SSSR count). The fourth-order valence-corrected chi connectivity index (χ4v) is 1.90. The van der Waals surface area contributed by atoms with E-state index in [1.54, 1.807) is 13.8 Å². The summed E-state index contributed by atoms with van der Waals surface area (Å²) >= 11 is 0. The first-order chi connectivity index (χ1) is 11.4. The van der Waals surface area contributed by atoms with E-state index in [2.05, 4.69) is 5.32 Å². The highest BCUT2D eigenvalue weighted by Crippen LogP contribution is 2.19. The molecule has 0 saturated carbocycles. The molecule has 1 aromatic rings. The average molecular weight is 335 g/mol. The second kappa shape index (κ2) is 10.3. The molecule has 0 radical (unpaired) electrons. The number of nitrogens with one attached hydrogen (secondary N) is 1. The van der Waals surface area contributed by atoms with Gasteiger partial charge in [-0.1, -0.05) is 0 Å². The molecular formula is C18H25NO5. The minimum atomic E-state index is -0.510. The van der Waals surface area contributed by atoms with Gasteiger partial charge in [0.15, 0.2) is 0 Å². The van der Waals surface area contributed by atoms with Crippen LogP contribution in [0.2, 0.25) is 0 Å². The lowest BCUT2D eigenvalue weighted by atomic mass is 10.2. The summed E-state index contributed by atoms with van der Waals surface area (Å²) < 4.78 is 15.4. The van der Waals surface area contributed by atoms with Crippen molar-refractivity contribution in [3.8, 4) is 5.75 Å². The number of anilines is 1. The maximum Gasteiger partial charge on any atom is 0.332 e. The SMILES string of the molecule is CCOC(=O)/C=C(/CC(=O)OCC)Nc1ccc(OC(C)C)cc1. The molecule has 0 fully saturated rings. The Bertz CT molecular complexity index is 563. The van der Waals surface area contributed by atoms with Crippen LogP contribution in [-0.4, -0.2) is 31.3 Å². The zero-order valence-corrected chi connectivity index (χ0v) is 14.6. The maximum absolute atomic E-state index is 11.7. The molecule has 1 N–H and O–H groups in total. The van der Waals surface area contributed by atoms with Crippen molar-refractivity contribution >= 4 is 17.6 Å². The van der Waals surface area contributed by atoms with Gasteiger partial charge in [-0.15, -0.1) is 0 Å². The summed E-state index contributed by atoms with van der Waals surface area (Å²) in [6.07, 6.45) is 1.31. The van der Waals surface area contributed by atoms with Crippen molar-refractivity contribution in [1.82, 2.24) is 0 Å². The molecule has 0 saturated heterocycles. The number of hydrogen-bond acceptors (Lipinski definition) is 6. The third-order valence-corrected chi connectivity index (χ3v) is 2.75. The van der Waals surface area contributed by atoms with Crippen LogP contribution in [0.3, 0.4) is 0 Å². The number of benzene rings is 1. The Balaban J connectivity index is 2.83. The van der Waals surface area contributed by atoms with Gasteiger partial charge in [0.25, 0.3) is 0 Å².